The number of hydrazine groups is 1. The lowest BCUT2D eigenvalue weighted by molar-refractivity contribution is -0.138. The Morgan fingerprint density at radius 1 is 1.09 bits per heavy atom. The number of rotatable bonds is 5. The molecule has 5 nitrogen and oxygen atoms in total. The fraction of sp³-hybridized carbons (Fsp3) is 0.200. The number of fused-ring (bicyclic) bond motifs is 1. The highest BCUT2D eigenvalue weighted by Crippen LogP contribution is 2.35. The Balaban J connectivity index is 1.75. The lowest BCUT2D eigenvalue weighted by atomic mass is 10.0. The second-order valence-corrected chi connectivity index (χ2v) is 7.75. The summed E-state index contributed by atoms with van der Waals surface area (Å²) in [6.45, 7) is 3.58. The van der Waals surface area contributed by atoms with Gasteiger partial charge in [0, 0.05) is 5.56 Å². The van der Waals surface area contributed by atoms with Crippen LogP contribution in [0.15, 0.2) is 72.0 Å². The molecule has 3 aromatic carbocycles. The second-order valence-electron chi connectivity index (χ2n) is 7.75. The number of hydrogen-bond acceptors (Lipinski definition) is 3. The lowest BCUT2D eigenvalue weighted by Gasteiger charge is -2.15. The van der Waals surface area contributed by atoms with E-state index in [-0.39, 0.29) is 5.56 Å². The van der Waals surface area contributed by atoms with Gasteiger partial charge >= 0.3 is 6.18 Å². The zero-order valence-electron chi connectivity index (χ0n) is 18.3. The Kier molecular flexibility index (Phi) is 6.20. The number of nitrogens with two attached hydrogens (primary N) is 1. The molecule has 0 aliphatic rings. The summed E-state index contributed by atoms with van der Waals surface area (Å²) in [6, 6.07) is 17.5. The first-order valence-corrected chi connectivity index (χ1v) is 10.6. The van der Waals surface area contributed by atoms with Crippen LogP contribution in [0.3, 0.4) is 0 Å². The van der Waals surface area contributed by atoms with Gasteiger partial charge in [-0.1, -0.05) is 43.7 Å². The van der Waals surface area contributed by atoms with Gasteiger partial charge in [-0.25, -0.2) is 15.8 Å². The van der Waals surface area contributed by atoms with Gasteiger partial charge < -0.3 is 5.43 Å². The predicted molar refractivity (Wildman–Crippen MR) is 125 cm³/mol. The first-order valence-electron chi connectivity index (χ1n) is 10.6. The van der Waals surface area contributed by atoms with Gasteiger partial charge in [0.1, 0.15) is 12.2 Å². The van der Waals surface area contributed by atoms with Crippen molar-refractivity contribution < 1.29 is 13.2 Å². The molecule has 0 radical (unpaired) electrons. The molecule has 3 N–H and O–H groups in total. The zero-order valence-corrected chi connectivity index (χ0v) is 18.3. The standard InChI is InChI=1S/C25H24F3N5/c1-3-7-17-8-4-5-9-19(17)24(32-29)31-18-12-13-23-21(14-18)30-15-33(23)22-11-6-10-20(16(22)2)25(26,27)28/h4-6,8-15H,3,7,29H2,1-2H3,(H,31,32). The Morgan fingerprint density at radius 3 is 2.61 bits per heavy atom. The summed E-state index contributed by atoms with van der Waals surface area (Å²) in [7, 11) is 0. The van der Waals surface area contributed by atoms with E-state index >= 15 is 0 Å². The van der Waals surface area contributed by atoms with Crippen molar-refractivity contribution >= 4 is 22.6 Å². The first-order chi connectivity index (χ1) is 15.8. The number of amidine groups is 1. The van der Waals surface area contributed by atoms with E-state index in [4.69, 9.17) is 5.84 Å². The molecule has 4 rings (SSSR count). The summed E-state index contributed by atoms with van der Waals surface area (Å²) < 4.78 is 41.7. The number of benzene rings is 3. The van der Waals surface area contributed by atoms with Crippen LogP contribution in [0.5, 0.6) is 0 Å². The zero-order chi connectivity index (χ0) is 23.6. The van der Waals surface area contributed by atoms with Crippen LogP contribution in [0, 0.1) is 6.92 Å². The molecule has 0 fully saturated rings. The van der Waals surface area contributed by atoms with Crippen molar-refractivity contribution in [2.45, 2.75) is 32.9 Å². The third kappa shape index (κ3) is 4.47. The van der Waals surface area contributed by atoms with Crippen LogP contribution in [-0.2, 0) is 12.6 Å². The summed E-state index contributed by atoms with van der Waals surface area (Å²) in [4.78, 5) is 9.07. The number of imidazole rings is 1. The predicted octanol–water partition coefficient (Wildman–Crippen LogP) is 5.85. The van der Waals surface area contributed by atoms with Crippen molar-refractivity contribution in [3.8, 4) is 5.69 Å². The number of nitrogens with one attached hydrogen (secondary N) is 1. The van der Waals surface area contributed by atoms with Gasteiger partial charge in [0.25, 0.3) is 0 Å². The Morgan fingerprint density at radius 2 is 1.88 bits per heavy atom. The number of aryl methyl sites for hydroxylation is 1. The van der Waals surface area contributed by atoms with E-state index in [1.165, 1.54) is 19.3 Å². The van der Waals surface area contributed by atoms with Gasteiger partial charge in [0.2, 0.25) is 0 Å². The van der Waals surface area contributed by atoms with Crippen molar-refractivity contribution in [1.82, 2.24) is 15.0 Å². The minimum atomic E-state index is -4.42. The number of aromatic nitrogens is 2. The van der Waals surface area contributed by atoms with E-state index in [0.717, 1.165) is 30.0 Å². The van der Waals surface area contributed by atoms with Crippen LogP contribution in [-0.4, -0.2) is 15.4 Å². The molecule has 33 heavy (non-hydrogen) atoms. The number of alkyl halides is 3. The van der Waals surface area contributed by atoms with Crippen LogP contribution in [0.4, 0.5) is 18.9 Å². The highest BCUT2D eigenvalue weighted by Gasteiger charge is 2.33. The summed E-state index contributed by atoms with van der Waals surface area (Å²) >= 11 is 0. The van der Waals surface area contributed by atoms with Crippen LogP contribution < -0.4 is 11.3 Å². The van der Waals surface area contributed by atoms with Gasteiger partial charge in [-0.2, -0.15) is 13.2 Å². The van der Waals surface area contributed by atoms with E-state index in [9.17, 15) is 13.2 Å². The SMILES string of the molecule is CCCc1ccccc1C(=Nc1ccc2c(c1)ncn2-c1cccc(C(F)(F)F)c1C)NN. The van der Waals surface area contributed by atoms with E-state index in [1.807, 2.05) is 24.3 Å². The van der Waals surface area contributed by atoms with Crippen molar-refractivity contribution in [2.75, 3.05) is 0 Å². The van der Waals surface area contributed by atoms with E-state index in [1.54, 1.807) is 28.8 Å². The second kappa shape index (κ2) is 9.07. The molecule has 1 heterocycles. The largest absolute Gasteiger partial charge is 0.416 e. The summed E-state index contributed by atoms with van der Waals surface area (Å²) in [5.74, 6) is 6.32. The molecule has 0 unspecified atom stereocenters. The minimum Gasteiger partial charge on any atom is -0.308 e. The Bertz CT molecular complexity index is 1320. The summed E-state index contributed by atoms with van der Waals surface area (Å²) in [5.41, 5.74) is 6.61. The van der Waals surface area contributed by atoms with Crippen molar-refractivity contribution in [1.29, 1.82) is 0 Å². The molecule has 0 aliphatic carbocycles. The minimum absolute atomic E-state index is 0.147. The third-order valence-electron chi connectivity index (χ3n) is 5.57. The molecule has 8 heteroatoms. The van der Waals surface area contributed by atoms with Gasteiger partial charge in [0.15, 0.2) is 0 Å². The highest BCUT2D eigenvalue weighted by molar-refractivity contribution is 6.01. The lowest BCUT2D eigenvalue weighted by Crippen LogP contribution is -2.31. The fourth-order valence-electron chi connectivity index (χ4n) is 3.99. The van der Waals surface area contributed by atoms with Gasteiger partial charge in [-0.3, -0.25) is 4.57 Å². The van der Waals surface area contributed by atoms with Crippen LogP contribution in [0.2, 0.25) is 0 Å². The van der Waals surface area contributed by atoms with Gasteiger partial charge in [-0.15, -0.1) is 0 Å². The highest BCUT2D eigenvalue weighted by atomic mass is 19.4. The normalized spacial score (nSPS) is 12.4. The van der Waals surface area contributed by atoms with Crippen molar-refractivity contribution in [3.05, 3.63) is 89.2 Å². The molecular weight excluding hydrogens is 427 g/mol. The quantitative estimate of drug-likeness (QED) is 0.173. The average Bonchev–Trinajstić information content (AvgIpc) is 3.20. The molecule has 4 aromatic rings. The molecule has 170 valence electrons. The Hall–Kier alpha value is -3.65. The topological polar surface area (TPSA) is 68.2 Å². The molecule has 0 atom stereocenters. The maximum Gasteiger partial charge on any atom is 0.416 e. The van der Waals surface area contributed by atoms with E-state index in [0.29, 0.717) is 28.2 Å². The molecule has 0 saturated heterocycles. The van der Waals surface area contributed by atoms with E-state index < -0.39 is 11.7 Å². The molecular formula is C25H24F3N5. The third-order valence-corrected chi connectivity index (χ3v) is 5.57. The van der Waals surface area contributed by atoms with Crippen LogP contribution in [0.25, 0.3) is 16.7 Å². The smallest absolute Gasteiger partial charge is 0.308 e. The van der Waals surface area contributed by atoms with Crippen molar-refractivity contribution in [3.63, 3.8) is 0 Å². The van der Waals surface area contributed by atoms with E-state index in [2.05, 4.69) is 22.3 Å². The monoisotopic (exact) mass is 451 g/mol. The van der Waals surface area contributed by atoms with Gasteiger partial charge in [0.05, 0.1) is 28.0 Å². The molecule has 0 saturated carbocycles. The average molecular weight is 451 g/mol. The van der Waals surface area contributed by atoms with Crippen LogP contribution >= 0.6 is 0 Å². The van der Waals surface area contributed by atoms with Gasteiger partial charge in [-0.05, 0) is 54.8 Å². The number of nitrogens with zero attached hydrogens (tertiary/aromatic N) is 3. The number of hydrogen-bond donors (Lipinski definition) is 2. The summed E-state index contributed by atoms with van der Waals surface area (Å²) in [5, 5.41) is 0. The number of aliphatic imine (C=N–C) groups is 1. The first kappa shape index (κ1) is 22.5. The Labute approximate surface area is 189 Å². The molecule has 0 spiro atoms. The number of halogens is 3. The van der Waals surface area contributed by atoms with Crippen LogP contribution in [0.1, 0.15) is 35.6 Å². The molecule has 0 bridgehead atoms. The molecule has 0 aliphatic heterocycles. The molecule has 1 aromatic heterocycles. The summed E-state index contributed by atoms with van der Waals surface area (Å²) in [6.07, 6.45) is -0.999. The maximum absolute atomic E-state index is 13.4. The fourth-order valence-corrected chi connectivity index (χ4v) is 3.99. The molecule has 0 amide bonds. The van der Waals surface area contributed by atoms with Crippen molar-refractivity contribution in [2.24, 2.45) is 10.8 Å². The maximum atomic E-state index is 13.4.